The first kappa shape index (κ1) is 18.4. The lowest BCUT2D eigenvalue weighted by molar-refractivity contribution is -0.158. The van der Waals surface area contributed by atoms with E-state index < -0.39 is 25.9 Å². The first-order valence-electron chi connectivity index (χ1n) is 7.91. The molecule has 1 aromatic carbocycles. The van der Waals surface area contributed by atoms with Gasteiger partial charge < -0.3 is 9.84 Å². The van der Waals surface area contributed by atoms with Crippen LogP contribution >= 0.6 is 0 Å². The van der Waals surface area contributed by atoms with Crippen LogP contribution in [0.5, 0.6) is 0 Å². The van der Waals surface area contributed by atoms with Gasteiger partial charge in [0.2, 0.25) is 0 Å². The van der Waals surface area contributed by atoms with E-state index in [1.165, 1.54) is 0 Å². The molecule has 0 bridgehead atoms. The molecule has 4 nitrogen and oxygen atoms in total. The van der Waals surface area contributed by atoms with Crippen molar-refractivity contribution >= 4 is 20.0 Å². The third kappa shape index (κ3) is 4.98. The average molecular weight is 322 g/mol. The molecule has 122 valence electrons. The summed E-state index contributed by atoms with van der Waals surface area (Å²) in [6.45, 7) is 6.44. The second-order valence-electron chi connectivity index (χ2n) is 5.75. The summed E-state index contributed by atoms with van der Waals surface area (Å²) in [5, 5.41) is 9.41. The zero-order valence-corrected chi connectivity index (χ0v) is 14.7. The first-order chi connectivity index (χ1) is 10.5. The van der Waals surface area contributed by atoms with Gasteiger partial charge in [0.15, 0.2) is 5.92 Å². The lowest BCUT2D eigenvalue weighted by atomic mass is 10.2. The Hall–Kier alpha value is -1.62. The molecule has 0 aliphatic heterocycles. The fourth-order valence-electron chi connectivity index (χ4n) is 2.72. The Morgan fingerprint density at radius 1 is 1.09 bits per heavy atom. The van der Waals surface area contributed by atoms with Gasteiger partial charge in [0.05, 0.1) is 8.07 Å². The van der Waals surface area contributed by atoms with E-state index in [0.29, 0.717) is 6.04 Å². The quantitative estimate of drug-likeness (QED) is 0.425. The van der Waals surface area contributed by atoms with Gasteiger partial charge in [-0.1, -0.05) is 69.2 Å². The number of ether oxygens (including phenoxy) is 1. The Balaban J connectivity index is 2.73. The van der Waals surface area contributed by atoms with Crippen molar-refractivity contribution in [3.05, 3.63) is 35.9 Å². The van der Waals surface area contributed by atoms with Crippen LogP contribution in [0.3, 0.4) is 0 Å². The molecule has 5 heteroatoms. The number of carboxylic acid groups (broad SMARTS) is 1. The zero-order chi connectivity index (χ0) is 16.6. The summed E-state index contributed by atoms with van der Waals surface area (Å²) in [4.78, 5) is 23.7. The number of rotatable bonds is 9. The van der Waals surface area contributed by atoms with Gasteiger partial charge >= 0.3 is 11.9 Å². The summed E-state index contributed by atoms with van der Waals surface area (Å²) in [7, 11) is -1.70. The third-order valence-electron chi connectivity index (χ3n) is 4.69. The predicted octanol–water partition coefficient (Wildman–Crippen LogP) is 3.94. The van der Waals surface area contributed by atoms with Crippen LogP contribution in [-0.2, 0) is 20.9 Å². The van der Waals surface area contributed by atoms with E-state index in [-0.39, 0.29) is 6.61 Å². The summed E-state index contributed by atoms with van der Waals surface area (Å²) in [6.07, 6.45) is 0. The Morgan fingerprint density at radius 3 is 2.09 bits per heavy atom. The van der Waals surface area contributed by atoms with Gasteiger partial charge in [0, 0.05) is 0 Å². The van der Waals surface area contributed by atoms with E-state index in [2.05, 4.69) is 20.8 Å². The van der Waals surface area contributed by atoms with E-state index in [4.69, 9.17) is 4.74 Å². The summed E-state index contributed by atoms with van der Waals surface area (Å²) in [6, 6.07) is 12.8. The molecule has 0 spiro atoms. The first-order valence-corrected chi connectivity index (χ1v) is 10.7. The molecule has 22 heavy (non-hydrogen) atoms. The van der Waals surface area contributed by atoms with Crippen molar-refractivity contribution in [2.24, 2.45) is 5.92 Å². The van der Waals surface area contributed by atoms with E-state index in [1.807, 2.05) is 30.3 Å². The molecule has 1 rings (SSSR count). The minimum absolute atomic E-state index is 0.127. The molecule has 1 aromatic rings. The van der Waals surface area contributed by atoms with Gasteiger partial charge in [0.1, 0.15) is 6.61 Å². The van der Waals surface area contributed by atoms with Crippen molar-refractivity contribution in [2.75, 3.05) is 0 Å². The highest BCUT2D eigenvalue weighted by Gasteiger charge is 2.38. The normalized spacial score (nSPS) is 12.7. The van der Waals surface area contributed by atoms with Crippen LogP contribution < -0.4 is 0 Å². The molecule has 0 heterocycles. The number of esters is 1. The maximum atomic E-state index is 12.2. The Morgan fingerprint density at radius 2 is 1.64 bits per heavy atom. The van der Waals surface area contributed by atoms with E-state index >= 15 is 0 Å². The number of carbonyl (C=O) groups is 2. The van der Waals surface area contributed by atoms with Crippen LogP contribution in [-0.4, -0.2) is 25.1 Å². The number of hydrogen-bond acceptors (Lipinski definition) is 3. The van der Waals surface area contributed by atoms with E-state index in [1.54, 1.807) is 0 Å². The Kier molecular flexibility index (Phi) is 7.31. The van der Waals surface area contributed by atoms with Gasteiger partial charge in [-0.05, 0) is 11.6 Å². The highest BCUT2D eigenvalue weighted by Crippen LogP contribution is 2.30. The van der Waals surface area contributed by atoms with Gasteiger partial charge in [-0.15, -0.1) is 0 Å². The number of carboxylic acids is 1. The molecular weight excluding hydrogens is 296 g/mol. The zero-order valence-electron chi connectivity index (χ0n) is 13.7. The topological polar surface area (TPSA) is 63.6 Å². The second kappa shape index (κ2) is 8.73. The molecular formula is C17H26O4Si. The lowest BCUT2D eigenvalue weighted by Gasteiger charge is -2.30. The summed E-state index contributed by atoms with van der Waals surface area (Å²) >= 11 is 0. The molecule has 0 radical (unpaired) electrons. The van der Waals surface area contributed by atoms with Crippen molar-refractivity contribution in [1.82, 2.24) is 0 Å². The molecule has 0 saturated carbocycles. The third-order valence-corrected chi connectivity index (χ3v) is 10.5. The van der Waals surface area contributed by atoms with E-state index in [9.17, 15) is 14.7 Å². The van der Waals surface area contributed by atoms with E-state index in [0.717, 1.165) is 23.7 Å². The maximum Gasteiger partial charge on any atom is 0.320 e. The number of carbonyl (C=O) groups excluding carboxylic acids is 1. The number of hydrogen-bond donors (Lipinski definition) is 1. The second-order valence-corrected chi connectivity index (χ2v) is 11.3. The maximum absolute atomic E-state index is 12.2. The minimum Gasteiger partial charge on any atom is -0.481 e. The highest BCUT2D eigenvalue weighted by molar-refractivity contribution is 6.80. The van der Waals surface area contributed by atoms with Crippen LogP contribution in [0.1, 0.15) is 26.3 Å². The highest BCUT2D eigenvalue weighted by atomic mass is 28.3. The molecule has 1 N–H and O–H groups in total. The molecule has 1 unspecified atom stereocenters. The molecule has 0 amide bonds. The predicted molar refractivity (Wildman–Crippen MR) is 89.4 cm³/mol. The molecule has 1 atom stereocenters. The van der Waals surface area contributed by atoms with Crippen molar-refractivity contribution in [2.45, 2.75) is 51.6 Å². The van der Waals surface area contributed by atoms with Crippen molar-refractivity contribution < 1.29 is 19.4 Å². The lowest BCUT2D eigenvalue weighted by Crippen LogP contribution is -2.39. The fourth-order valence-corrected chi connectivity index (χ4v) is 6.29. The molecule has 0 aliphatic rings. The van der Waals surface area contributed by atoms with Gasteiger partial charge in [-0.3, -0.25) is 9.59 Å². The minimum atomic E-state index is -1.70. The Labute approximate surface area is 133 Å². The largest absolute Gasteiger partial charge is 0.481 e. The molecule has 0 aliphatic carbocycles. The van der Waals surface area contributed by atoms with Crippen molar-refractivity contribution in [1.29, 1.82) is 0 Å². The van der Waals surface area contributed by atoms with Gasteiger partial charge in [-0.2, -0.15) is 0 Å². The van der Waals surface area contributed by atoms with Crippen molar-refractivity contribution in [3.8, 4) is 0 Å². The molecule has 0 saturated heterocycles. The summed E-state index contributed by atoms with van der Waals surface area (Å²) in [5.74, 6) is -2.70. The molecule has 0 fully saturated rings. The summed E-state index contributed by atoms with van der Waals surface area (Å²) < 4.78 is 5.23. The molecule has 0 aromatic heterocycles. The van der Waals surface area contributed by atoms with Gasteiger partial charge in [-0.25, -0.2) is 0 Å². The summed E-state index contributed by atoms with van der Waals surface area (Å²) in [5.41, 5.74) is 0.866. The Bertz CT molecular complexity index is 474. The van der Waals surface area contributed by atoms with Crippen LogP contribution in [0, 0.1) is 5.92 Å². The van der Waals surface area contributed by atoms with Crippen molar-refractivity contribution in [3.63, 3.8) is 0 Å². The number of aliphatic carboxylic acids is 1. The van der Waals surface area contributed by atoms with Gasteiger partial charge in [0.25, 0.3) is 0 Å². The standard InChI is InChI=1S/C17H26O4Si/c1-4-22(5-2,6-3)13-15(16(18)19)17(20)21-12-14-10-8-7-9-11-14/h7-11,15H,4-6,12-13H2,1-3H3,(H,18,19). The number of benzene rings is 1. The average Bonchev–Trinajstić information content (AvgIpc) is 2.55. The van der Waals surface area contributed by atoms with Crippen LogP contribution in [0.15, 0.2) is 30.3 Å². The van der Waals surface area contributed by atoms with Crippen LogP contribution in [0.25, 0.3) is 0 Å². The monoisotopic (exact) mass is 322 g/mol. The van der Waals surface area contributed by atoms with Crippen LogP contribution in [0.2, 0.25) is 24.2 Å². The smallest absolute Gasteiger partial charge is 0.320 e. The van der Waals surface area contributed by atoms with Crippen LogP contribution in [0.4, 0.5) is 0 Å². The fraction of sp³-hybridized carbons (Fsp3) is 0.529. The SMILES string of the molecule is CC[Si](CC)(CC)CC(C(=O)O)C(=O)OCc1ccccc1.